The summed E-state index contributed by atoms with van der Waals surface area (Å²) in [5.74, 6) is -2.83. The van der Waals surface area contributed by atoms with Crippen LogP contribution in [0.3, 0.4) is 0 Å². The zero-order valence-corrected chi connectivity index (χ0v) is 14.0. The number of hydrogen-bond donors (Lipinski definition) is 2. The van der Waals surface area contributed by atoms with E-state index in [0.717, 1.165) is 12.1 Å². The van der Waals surface area contributed by atoms with E-state index >= 15 is 0 Å². The SMILES string of the molecule is O=C(CCCNC(=O)c1ccc(F)cc1F)Nc1ccc(OC(F)F)cc1. The molecule has 2 rings (SSSR count). The first-order valence-electron chi connectivity index (χ1n) is 7.93. The normalized spacial score (nSPS) is 10.6. The van der Waals surface area contributed by atoms with Gasteiger partial charge in [0.25, 0.3) is 5.91 Å². The number of halogens is 4. The molecule has 144 valence electrons. The van der Waals surface area contributed by atoms with Crippen LogP contribution in [0.2, 0.25) is 0 Å². The second-order valence-corrected chi connectivity index (χ2v) is 5.43. The summed E-state index contributed by atoms with van der Waals surface area (Å²) in [6.07, 6.45) is 0.356. The zero-order valence-electron chi connectivity index (χ0n) is 14.0. The molecule has 0 aliphatic rings. The first kappa shape index (κ1) is 20.2. The van der Waals surface area contributed by atoms with Crippen molar-refractivity contribution in [3.05, 3.63) is 59.7 Å². The monoisotopic (exact) mass is 384 g/mol. The Morgan fingerprint density at radius 2 is 1.74 bits per heavy atom. The molecule has 0 unspecified atom stereocenters. The van der Waals surface area contributed by atoms with Crippen LogP contribution in [0, 0.1) is 11.6 Å². The highest BCUT2D eigenvalue weighted by Crippen LogP contribution is 2.18. The molecule has 2 aromatic carbocycles. The van der Waals surface area contributed by atoms with Gasteiger partial charge < -0.3 is 15.4 Å². The first-order chi connectivity index (χ1) is 12.8. The molecule has 9 heteroatoms. The molecule has 0 saturated carbocycles. The Bertz CT molecular complexity index is 798. The van der Waals surface area contributed by atoms with E-state index in [1.165, 1.54) is 24.3 Å². The molecule has 0 atom stereocenters. The van der Waals surface area contributed by atoms with Crippen LogP contribution in [0.5, 0.6) is 5.75 Å². The van der Waals surface area contributed by atoms with Crippen molar-refractivity contribution in [1.29, 1.82) is 0 Å². The molecule has 0 aromatic heterocycles. The molecule has 2 amide bonds. The molecule has 0 aliphatic heterocycles. The lowest BCUT2D eigenvalue weighted by atomic mass is 10.2. The lowest BCUT2D eigenvalue weighted by molar-refractivity contribution is -0.116. The van der Waals surface area contributed by atoms with Gasteiger partial charge in [0.1, 0.15) is 17.4 Å². The van der Waals surface area contributed by atoms with Crippen molar-refractivity contribution in [2.45, 2.75) is 19.5 Å². The predicted molar refractivity (Wildman–Crippen MR) is 89.6 cm³/mol. The number of rotatable bonds is 8. The largest absolute Gasteiger partial charge is 0.435 e. The van der Waals surface area contributed by atoms with E-state index in [0.29, 0.717) is 11.8 Å². The Labute approximate surface area is 152 Å². The number of carbonyl (C=O) groups is 2. The first-order valence-corrected chi connectivity index (χ1v) is 7.93. The van der Waals surface area contributed by atoms with Crippen LogP contribution in [-0.2, 0) is 4.79 Å². The summed E-state index contributed by atoms with van der Waals surface area (Å²) in [7, 11) is 0. The Morgan fingerprint density at radius 3 is 2.37 bits per heavy atom. The van der Waals surface area contributed by atoms with E-state index in [4.69, 9.17) is 0 Å². The van der Waals surface area contributed by atoms with Gasteiger partial charge in [0.2, 0.25) is 5.91 Å². The second kappa shape index (κ2) is 9.56. The Kier molecular flexibility index (Phi) is 7.16. The molecular weight excluding hydrogens is 368 g/mol. The summed E-state index contributed by atoms with van der Waals surface area (Å²) in [6, 6.07) is 8.03. The average molecular weight is 384 g/mol. The fraction of sp³-hybridized carbons (Fsp3) is 0.222. The van der Waals surface area contributed by atoms with E-state index in [1.807, 2.05) is 0 Å². The zero-order chi connectivity index (χ0) is 19.8. The number of carbonyl (C=O) groups excluding carboxylic acids is 2. The number of ether oxygens (including phenoxy) is 1. The maximum absolute atomic E-state index is 13.5. The molecule has 0 saturated heterocycles. The number of benzene rings is 2. The van der Waals surface area contributed by atoms with E-state index in [-0.39, 0.29) is 36.6 Å². The predicted octanol–water partition coefficient (Wildman–Crippen LogP) is 3.71. The van der Waals surface area contributed by atoms with Crippen molar-refractivity contribution >= 4 is 17.5 Å². The minimum Gasteiger partial charge on any atom is -0.435 e. The van der Waals surface area contributed by atoms with Gasteiger partial charge in [0.05, 0.1) is 5.56 Å². The Balaban J connectivity index is 1.72. The molecule has 5 nitrogen and oxygen atoms in total. The van der Waals surface area contributed by atoms with Gasteiger partial charge in [-0.25, -0.2) is 8.78 Å². The lowest BCUT2D eigenvalue weighted by Crippen LogP contribution is -2.26. The third-order valence-electron chi connectivity index (χ3n) is 3.41. The van der Waals surface area contributed by atoms with Crippen molar-refractivity contribution in [1.82, 2.24) is 5.32 Å². The minimum absolute atomic E-state index is 0.0289. The Hall–Kier alpha value is -3.10. The van der Waals surface area contributed by atoms with Gasteiger partial charge in [-0.2, -0.15) is 8.78 Å². The van der Waals surface area contributed by atoms with Crippen LogP contribution < -0.4 is 15.4 Å². The van der Waals surface area contributed by atoms with Gasteiger partial charge in [-0.15, -0.1) is 0 Å². The van der Waals surface area contributed by atoms with E-state index < -0.39 is 24.2 Å². The van der Waals surface area contributed by atoms with Gasteiger partial charge in [0.15, 0.2) is 0 Å². The molecule has 0 aliphatic carbocycles. The molecule has 0 heterocycles. The smallest absolute Gasteiger partial charge is 0.387 e. The highest BCUT2D eigenvalue weighted by Gasteiger charge is 2.12. The van der Waals surface area contributed by atoms with Gasteiger partial charge in [-0.1, -0.05) is 0 Å². The molecule has 2 aromatic rings. The fourth-order valence-corrected chi connectivity index (χ4v) is 2.16. The van der Waals surface area contributed by atoms with Crippen LogP contribution in [0.25, 0.3) is 0 Å². The van der Waals surface area contributed by atoms with Gasteiger partial charge in [0, 0.05) is 24.7 Å². The average Bonchev–Trinajstić information content (AvgIpc) is 2.60. The molecule has 27 heavy (non-hydrogen) atoms. The highest BCUT2D eigenvalue weighted by molar-refractivity contribution is 5.94. The van der Waals surface area contributed by atoms with E-state index in [9.17, 15) is 27.2 Å². The second-order valence-electron chi connectivity index (χ2n) is 5.43. The van der Waals surface area contributed by atoms with E-state index in [1.54, 1.807) is 0 Å². The van der Waals surface area contributed by atoms with Crippen molar-refractivity contribution in [2.75, 3.05) is 11.9 Å². The minimum atomic E-state index is -2.93. The molecule has 0 radical (unpaired) electrons. The van der Waals surface area contributed by atoms with Crippen LogP contribution in [0.1, 0.15) is 23.2 Å². The maximum atomic E-state index is 13.5. The van der Waals surface area contributed by atoms with Crippen LogP contribution in [0.4, 0.5) is 23.2 Å². The molecular formula is C18H16F4N2O3. The lowest BCUT2D eigenvalue weighted by Gasteiger charge is -2.08. The van der Waals surface area contributed by atoms with Crippen molar-refractivity contribution in [2.24, 2.45) is 0 Å². The summed E-state index contributed by atoms with van der Waals surface area (Å²) in [4.78, 5) is 23.6. The van der Waals surface area contributed by atoms with Gasteiger partial charge in [-0.05, 0) is 42.8 Å². The number of hydrogen-bond acceptors (Lipinski definition) is 3. The number of amides is 2. The Morgan fingerprint density at radius 1 is 1.04 bits per heavy atom. The quantitative estimate of drug-likeness (QED) is 0.539. The van der Waals surface area contributed by atoms with Crippen molar-refractivity contribution in [3.63, 3.8) is 0 Å². The summed E-state index contributed by atoms with van der Waals surface area (Å²) in [5.41, 5.74) is 0.117. The number of nitrogens with one attached hydrogen (secondary N) is 2. The summed E-state index contributed by atoms with van der Waals surface area (Å²) >= 11 is 0. The topological polar surface area (TPSA) is 67.4 Å². The van der Waals surface area contributed by atoms with Crippen LogP contribution in [0.15, 0.2) is 42.5 Å². The van der Waals surface area contributed by atoms with Crippen molar-refractivity contribution in [3.8, 4) is 5.75 Å². The van der Waals surface area contributed by atoms with Crippen molar-refractivity contribution < 1.29 is 31.9 Å². The standard InChI is InChI=1S/C18H16F4N2O3/c19-11-3-8-14(15(20)10-11)17(26)23-9-1-2-16(25)24-12-4-6-13(7-5-12)27-18(21)22/h3-8,10,18H,1-2,9H2,(H,23,26)(H,24,25). The third kappa shape index (κ3) is 6.61. The third-order valence-corrected chi connectivity index (χ3v) is 3.41. The van der Waals surface area contributed by atoms with Crippen LogP contribution >= 0.6 is 0 Å². The highest BCUT2D eigenvalue weighted by atomic mass is 19.3. The molecule has 0 fully saturated rings. The summed E-state index contributed by atoms with van der Waals surface area (Å²) in [6.45, 7) is -2.81. The van der Waals surface area contributed by atoms with Gasteiger partial charge >= 0.3 is 6.61 Å². The number of alkyl halides is 2. The molecule has 2 N–H and O–H groups in total. The molecule has 0 spiro atoms. The molecule has 0 bridgehead atoms. The summed E-state index contributed by atoms with van der Waals surface area (Å²) in [5, 5.41) is 5.00. The van der Waals surface area contributed by atoms with Crippen LogP contribution in [-0.4, -0.2) is 25.0 Å². The fourth-order valence-electron chi connectivity index (χ4n) is 2.16. The van der Waals surface area contributed by atoms with Gasteiger partial charge in [-0.3, -0.25) is 9.59 Å². The van der Waals surface area contributed by atoms with E-state index in [2.05, 4.69) is 15.4 Å². The summed E-state index contributed by atoms with van der Waals surface area (Å²) < 4.78 is 54.6. The number of anilines is 1. The maximum Gasteiger partial charge on any atom is 0.387 e.